The lowest BCUT2D eigenvalue weighted by Gasteiger charge is -2.14. The highest BCUT2D eigenvalue weighted by atomic mass is 35.5. The summed E-state index contributed by atoms with van der Waals surface area (Å²) in [4.78, 5) is 16.1. The Morgan fingerprint density at radius 2 is 1.70 bits per heavy atom. The van der Waals surface area contributed by atoms with Crippen molar-refractivity contribution in [3.05, 3.63) is 86.3 Å². The van der Waals surface area contributed by atoms with Crippen LogP contribution in [0.5, 0.6) is 0 Å². The second-order valence-corrected chi connectivity index (χ2v) is 7.22. The van der Waals surface area contributed by atoms with E-state index in [0.717, 1.165) is 21.9 Å². The molecule has 27 heavy (non-hydrogen) atoms. The van der Waals surface area contributed by atoms with Crippen molar-refractivity contribution in [1.82, 2.24) is 9.55 Å². The number of halogens is 5. The molecule has 0 aliphatic heterocycles. The van der Waals surface area contributed by atoms with Crippen LogP contribution in [0.15, 0.2) is 64.5 Å². The second kappa shape index (κ2) is 7.96. The molecule has 1 aromatic heterocycles. The fraction of sp³-hybridized carbons (Fsp3) is 0.111. The predicted octanol–water partition coefficient (Wildman–Crippen LogP) is 5.85. The molecule has 1 heterocycles. The fourth-order valence-electron chi connectivity index (χ4n) is 2.30. The van der Waals surface area contributed by atoms with Crippen LogP contribution >= 0.6 is 35.0 Å². The monoisotopic (exact) mass is 430 g/mol. The van der Waals surface area contributed by atoms with Gasteiger partial charge >= 0.3 is 6.18 Å². The van der Waals surface area contributed by atoms with E-state index in [1.54, 1.807) is 48.5 Å². The van der Waals surface area contributed by atoms with Crippen LogP contribution < -0.4 is 5.56 Å². The van der Waals surface area contributed by atoms with Gasteiger partial charge in [0.05, 0.1) is 15.7 Å². The summed E-state index contributed by atoms with van der Waals surface area (Å²) < 4.78 is 40.4. The Morgan fingerprint density at radius 1 is 1.00 bits per heavy atom. The average Bonchev–Trinajstić information content (AvgIpc) is 2.62. The van der Waals surface area contributed by atoms with Gasteiger partial charge in [0.25, 0.3) is 5.56 Å². The van der Waals surface area contributed by atoms with E-state index in [1.165, 1.54) is 0 Å². The molecule has 0 aliphatic carbocycles. The summed E-state index contributed by atoms with van der Waals surface area (Å²) in [6.07, 6.45) is -4.71. The smallest absolute Gasteiger partial charge is 0.269 e. The van der Waals surface area contributed by atoms with Crippen LogP contribution in [-0.2, 0) is 11.9 Å². The van der Waals surface area contributed by atoms with Crippen molar-refractivity contribution >= 4 is 35.0 Å². The maximum Gasteiger partial charge on any atom is 0.433 e. The van der Waals surface area contributed by atoms with Gasteiger partial charge in [-0.3, -0.25) is 9.36 Å². The first-order valence-corrected chi connectivity index (χ1v) is 9.33. The Hall–Kier alpha value is -1.96. The van der Waals surface area contributed by atoms with Crippen molar-refractivity contribution in [3.63, 3.8) is 0 Å². The van der Waals surface area contributed by atoms with Crippen molar-refractivity contribution in [3.8, 4) is 5.69 Å². The molecule has 0 fully saturated rings. The van der Waals surface area contributed by atoms with Crippen LogP contribution in [0.3, 0.4) is 0 Å². The van der Waals surface area contributed by atoms with Crippen LogP contribution in [0.25, 0.3) is 5.69 Å². The summed E-state index contributed by atoms with van der Waals surface area (Å²) in [5, 5.41) is 0.656. The lowest BCUT2D eigenvalue weighted by atomic mass is 10.2. The maximum atomic E-state index is 13.1. The standard InChI is InChI=1S/C18H11Cl2F3N2OS/c19-13-7-6-11(8-14(13)20)10-27-17-24-15(18(21,22)23)9-16(26)25(17)12-4-2-1-3-5-12/h1-9H,10H2. The zero-order chi connectivity index (χ0) is 19.6. The highest BCUT2D eigenvalue weighted by Gasteiger charge is 2.34. The zero-order valence-electron chi connectivity index (χ0n) is 13.5. The van der Waals surface area contributed by atoms with E-state index < -0.39 is 17.4 Å². The normalized spacial score (nSPS) is 11.6. The van der Waals surface area contributed by atoms with Crippen molar-refractivity contribution in [2.45, 2.75) is 17.1 Å². The summed E-state index contributed by atoms with van der Waals surface area (Å²) in [5.74, 6) is 0.261. The van der Waals surface area contributed by atoms with E-state index in [0.29, 0.717) is 21.8 Å². The minimum atomic E-state index is -4.71. The first kappa shape index (κ1) is 19.8. The largest absolute Gasteiger partial charge is 0.433 e. The van der Waals surface area contributed by atoms with E-state index in [2.05, 4.69) is 4.98 Å². The Labute approximate surface area is 166 Å². The molecule has 3 aromatic rings. The van der Waals surface area contributed by atoms with Gasteiger partial charge in [0.15, 0.2) is 10.9 Å². The third-order valence-corrected chi connectivity index (χ3v) is 5.29. The van der Waals surface area contributed by atoms with Gasteiger partial charge < -0.3 is 0 Å². The van der Waals surface area contributed by atoms with Gasteiger partial charge in [0, 0.05) is 11.8 Å². The molecule has 3 rings (SSSR count). The zero-order valence-corrected chi connectivity index (χ0v) is 15.8. The minimum absolute atomic E-state index is 0.0629. The Balaban J connectivity index is 2.04. The molecule has 0 saturated heterocycles. The second-order valence-electron chi connectivity index (χ2n) is 5.47. The lowest BCUT2D eigenvalue weighted by Crippen LogP contribution is -2.24. The van der Waals surface area contributed by atoms with Crippen LogP contribution in [0, 0.1) is 0 Å². The average molecular weight is 431 g/mol. The van der Waals surface area contributed by atoms with Crippen molar-refractivity contribution in [2.24, 2.45) is 0 Å². The Bertz CT molecular complexity index is 1020. The molecule has 140 valence electrons. The van der Waals surface area contributed by atoms with Gasteiger partial charge in [0.1, 0.15) is 0 Å². The molecule has 0 bridgehead atoms. The van der Waals surface area contributed by atoms with Crippen LogP contribution in [0.2, 0.25) is 10.0 Å². The number of rotatable bonds is 4. The summed E-state index contributed by atoms with van der Waals surface area (Å²) in [5.41, 5.74) is -0.863. The molecule has 0 spiro atoms. The quantitative estimate of drug-likeness (QED) is 0.384. The molecule has 0 N–H and O–H groups in total. The maximum absolute atomic E-state index is 13.1. The molecule has 3 nitrogen and oxygen atoms in total. The number of nitrogens with zero attached hydrogens (tertiary/aromatic N) is 2. The van der Waals surface area contributed by atoms with Gasteiger partial charge in [-0.15, -0.1) is 0 Å². The van der Waals surface area contributed by atoms with Crippen molar-refractivity contribution in [1.29, 1.82) is 0 Å². The van der Waals surface area contributed by atoms with Crippen LogP contribution in [0.4, 0.5) is 13.2 Å². The van der Waals surface area contributed by atoms with Gasteiger partial charge in [-0.25, -0.2) is 4.98 Å². The van der Waals surface area contributed by atoms with Crippen LogP contribution in [0.1, 0.15) is 11.3 Å². The predicted molar refractivity (Wildman–Crippen MR) is 101 cm³/mol. The molecule has 0 saturated carbocycles. The highest BCUT2D eigenvalue weighted by molar-refractivity contribution is 7.98. The van der Waals surface area contributed by atoms with Crippen molar-refractivity contribution < 1.29 is 13.2 Å². The van der Waals surface area contributed by atoms with E-state index in [1.807, 2.05) is 0 Å². The Morgan fingerprint density at radius 3 is 2.33 bits per heavy atom. The molecule has 0 radical (unpaired) electrons. The van der Waals surface area contributed by atoms with Gasteiger partial charge in [-0.2, -0.15) is 13.2 Å². The third-order valence-electron chi connectivity index (χ3n) is 3.54. The lowest BCUT2D eigenvalue weighted by molar-refractivity contribution is -0.141. The number of para-hydroxylation sites is 1. The number of hydrogen-bond acceptors (Lipinski definition) is 3. The van der Waals surface area contributed by atoms with E-state index in [4.69, 9.17) is 23.2 Å². The highest BCUT2D eigenvalue weighted by Crippen LogP contribution is 2.31. The summed E-state index contributed by atoms with van der Waals surface area (Å²) in [6, 6.07) is 13.8. The van der Waals surface area contributed by atoms with Gasteiger partial charge in [0.2, 0.25) is 0 Å². The number of aromatic nitrogens is 2. The summed E-state index contributed by atoms with van der Waals surface area (Å²) >= 11 is 12.8. The molecular formula is C18H11Cl2F3N2OS. The summed E-state index contributed by atoms with van der Waals surface area (Å²) in [6.45, 7) is 0. The van der Waals surface area contributed by atoms with Gasteiger partial charge in [-0.05, 0) is 29.8 Å². The number of benzene rings is 2. The van der Waals surface area contributed by atoms with Crippen molar-refractivity contribution in [2.75, 3.05) is 0 Å². The molecular weight excluding hydrogens is 420 g/mol. The number of alkyl halides is 3. The summed E-state index contributed by atoms with van der Waals surface area (Å²) in [7, 11) is 0. The molecule has 0 amide bonds. The first-order chi connectivity index (χ1) is 12.8. The third kappa shape index (κ3) is 4.66. The van der Waals surface area contributed by atoms with Crippen LogP contribution in [-0.4, -0.2) is 9.55 Å². The minimum Gasteiger partial charge on any atom is -0.269 e. The van der Waals surface area contributed by atoms with Gasteiger partial charge in [-0.1, -0.05) is 59.2 Å². The fourth-order valence-corrected chi connectivity index (χ4v) is 3.58. The topological polar surface area (TPSA) is 34.9 Å². The molecule has 0 aliphatic rings. The van der Waals surface area contributed by atoms with E-state index in [9.17, 15) is 18.0 Å². The SMILES string of the molecule is O=c1cc(C(F)(F)F)nc(SCc2ccc(Cl)c(Cl)c2)n1-c1ccccc1. The first-order valence-electron chi connectivity index (χ1n) is 7.59. The molecule has 0 atom stereocenters. The van der Waals surface area contributed by atoms with E-state index in [-0.39, 0.29) is 10.9 Å². The Kier molecular flexibility index (Phi) is 5.83. The molecule has 2 aromatic carbocycles. The number of thioether (sulfide) groups is 1. The van der Waals surface area contributed by atoms with E-state index >= 15 is 0 Å². The molecule has 9 heteroatoms. The number of hydrogen-bond donors (Lipinski definition) is 0. The molecule has 0 unspecified atom stereocenters.